The Balaban J connectivity index is 1.76. The topological polar surface area (TPSA) is 103 Å². The summed E-state index contributed by atoms with van der Waals surface area (Å²) in [6.07, 6.45) is 3.45. The van der Waals surface area contributed by atoms with Gasteiger partial charge in [0.2, 0.25) is 0 Å². The first-order valence-electron chi connectivity index (χ1n) is 9.43. The molecule has 0 aliphatic carbocycles. The summed E-state index contributed by atoms with van der Waals surface area (Å²) < 4.78 is 40.7. The van der Waals surface area contributed by atoms with E-state index in [0.717, 1.165) is 23.8 Å². The van der Waals surface area contributed by atoms with Gasteiger partial charge < -0.3 is 4.90 Å². The number of benzene rings is 2. The second kappa shape index (κ2) is 10.2. The van der Waals surface area contributed by atoms with E-state index in [1.165, 1.54) is 29.2 Å². The second-order valence-corrected chi connectivity index (χ2v) is 8.84. The number of anilines is 1. The molecule has 0 saturated carbocycles. The predicted molar refractivity (Wildman–Crippen MR) is 118 cm³/mol. The fourth-order valence-electron chi connectivity index (χ4n) is 2.87. The van der Waals surface area contributed by atoms with Gasteiger partial charge >= 0.3 is 0 Å². The lowest BCUT2D eigenvalue weighted by atomic mass is 10.1. The Bertz CT molecular complexity index is 1250. The molecular weight excluding hydrogens is 455 g/mol. The molecule has 0 radical (unpaired) electrons. The van der Waals surface area contributed by atoms with E-state index < -0.39 is 15.8 Å². The van der Waals surface area contributed by atoms with Crippen LogP contribution in [0.5, 0.6) is 0 Å². The molecule has 0 saturated heterocycles. The van der Waals surface area contributed by atoms with E-state index in [1.807, 2.05) is 12.1 Å². The second-order valence-electron chi connectivity index (χ2n) is 6.75. The maximum atomic E-state index is 13.3. The number of pyridine rings is 1. The molecule has 1 N–H and O–H groups in total. The first-order chi connectivity index (χ1) is 15.3. The normalized spacial score (nSPS) is 10.9. The molecule has 0 atom stereocenters. The van der Waals surface area contributed by atoms with Gasteiger partial charge in [0, 0.05) is 36.7 Å². The molecule has 10 heteroatoms. The average molecular weight is 473 g/mol. The zero-order valence-corrected chi connectivity index (χ0v) is 18.3. The number of amides is 1. The van der Waals surface area contributed by atoms with Gasteiger partial charge in [0.25, 0.3) is 15.9 Å². The summed E-state index contributed by atoms with van der Waals surface area (Å²) in [5, 5.41) is 8.60. The van der Waals surface area contributed by atoms with Crippen LogP contribution in [-0.4, -0.2) is 30.8 Å². The monoisotopic (exact) mass is 472 g/mol. The molecule has 0 fully saturated rings. The van der Waals surface area contributed by atoms with Crippen LogP contribution in [0.25, 0.3) is 0 Å². The van der Waals surface area contributed by atoms with Crippen LogP contribution in [-0.2, 0) is 16.6 Å². The number of hydrogen-bond donors (Lipinski definition) is 1. The lowest BCUT2D eigenvalue weighted by molar-refractivity contribution is 0.0746. The van der Waals surface area contributed by atoms with Crippen LogP contribution in [0.2, 0.25) is 5.02 Å². The zero-order valence-electron chi connectivity index (χ0n) is 16.7. The Hall–Kier alpha value is -3.48. The largest absolute Gasteiger partial charge is 0.333 e. The molecule has 3 aromatic rings. The van der Waals surface area contributed by atoms with Crippen molar-refractivity contribution in [2.24, 2.45) is 0 Å². The van der Waals surface area contributed by atoms with Gasteiger partial charge in [-0.05, 0) is 54.1 Å². The Morgan fingerprint density at radius 2 is 1.94 bits per heavy atom. The van der Waals surface area contributed by atoms with Crippen molar-refractivity contribution >= 4 is 33.2 Å². The molecular formula is C22H18ClFN4O3S. The fourth-order valence-corrected chi connectivity index (χ4v) is 4.20. The number of sulfonamides is 1. The Morgan fingerprint density at radius 1 is 1.19 bits per heavy atom. The van der Waals surface area contributed by atoms with Crippen LogP contribution >= 0.6 is 11.6 Å². The number of carbonyl (C=O) groups excluding carboxylic acids is 1. The molecule has 1 aromatic heterocycles. The van der Waals surface area contributed by atoms with Crippen molar-refractivity contribution in [1.82, 2.24) is 9.88 Å². The van der Waals surface area contributed by atoms with Gasteiger partial charge in [0.05, 0.1) is 22.4 Å². The number of halogens is 2. The van der Waals surface area contributed by atoms with Crippen molar-refractivity contribution in [3.63, 3.8) is 0 Å². The Morgan fingerprint density at radius 3 is 2.56 bits per heavy atom. The van der Waals surface area contributed by atoms with Gasteiger partial charge in [-0.25, -0.2) is 12.8 Å². The van der Waals surface area contributed by atoms with Crippen LogP contribution in [0, 0.1) is 17.1 Å². The minimum absolute atomic E-state index is 0.171. The number of rotatable bonds is 8. The molecule has 0 aliphatic heterocycles. The molecule has 0 bridgehead atoms. The van der Waals surface area contributed by atoms with Gasteiger partial charge in [-0.3, -0.25) is 14.5 Å². The van der Waals surface area contributed by atoms with Gasteiger partial charge in [0.1, 0.15) is 5.82 Å². The highest BCUT2D eigenvalue weighted by Crippen LogP contribution is 2.22. The van der Waals surface area contributed by atoms with Crippen LogP contribution in [0.1, 0.15) is 22.3 Å². The highest BCUT2D eigenvalue weighted by Gasteiger charge is 2.18. The highest BCUT2D eigenvalue weighted by atomic mass is 35.5. The molecule has 2 aromatic carbocycles. The van der Waals surface area contributed by atoms with Gasteiger partial charge in [-0.15, -0.1) is 0 Å². The van der Waals surface area contributed by atoms with Crippen molar-refractivity contribution in [1.29, 1.82) is 5.26 Å². The van der Waals surface area contributed by atoms with Crippen molar-refractivity contribution in [2.45, 2.75) is 17.9 Å². The summed E-state index contributed by atoms with van der Waals surface area (Å²) >= 11 is 5.67. The van der Waals surface area contributed by atoms with Crippen LogP contribution < -0.4 is 4.72 Å². The van der Waals surface area contributed by atoms with Gasteiger partial charge in [-0.1, -0.05) is 17.7 Å². The van der Waals surface area contributed by atoms with Crippen molar-refractivity contribution < 1.29 is 17.6 Å². The van der Waals surface area contributed by atoms with E-state index in [0.29, 0.717) is 5.56 Å². The molecule has 164 valence electrons. The standard InChI is InChI=1S/C22H18ClFN4O3S/c23-20-13-19(8-9-21(20)24)32(30,31)27-18-6-4-17(5-7-18)22(29)28(12-2-10-25)15-16-3-1-11-26-14-16/h1,3-9,11,13-14,27H,2,12,15H2. The number of nitriles is 1. The number of carbonyl (C=O) groups is 1. The summed E-state index contributed by atoms with van der Waals surface area (Å²) in [5.41, 5.74) is 1.37. The third-order valence-electron chi connectivity index (χ3n) is 4.46. The maximum Gasteiger partial charge on any atom is 0.261 e. The third kappa shape index (κ3) is 5.81. The first-order valence-corrected chi connectivity index (χ1v) is 11.3. The first kappa shape index (κ1) is 23.2. The lowest BCUT2D eigenvalue weighted by Gasteiger charge is -2.22. The van der Waals surface area contributed by atoms with Gasteiger partial charge in [-0.2, -0.15) is 5.26 Å². The van der Waals surface area contributed by atoms with Crippen molar-refractivity contribution in [3.8, 4) is 6.07 Å². The summed E-state index contributed by atoms with van der Waals surface area (Å²) in [6.45, 7) is 0.526. The number of aromatic nitrogens is 1. The van der Waals surface area contributed by atoms with E-state index in [9.17, 15) is 17.6 Å². The molecule has 32 heavy (non-hydrogen) atoms. The van der Waals surface area contributed by atoms with E-state index in [4.69, 9.17) is 16.9 Å². The average Bonchev–Trinajstić information content (AvgIpc) is 2.79. The molecule has 1 heterocycles. The van der Waals surface area contributed by atoms with E-state index >= 15 is 0 Å². The van der Waals surface area contributed by atoms with E-state index in [1.54, 1.807) is 18.5 Å². The molecule has 1 amide bonds. The summed E-state index contributed by atoms with van der Waals surface area (Å²) in [7, 11) is -3.99. The molecule has 7 nitrogen and oxygen atoms in total. The molecule has 0 spiro atoms. The fraction of sp³-hybridized carbons (Fsp3) is 0.136. The number of nitrogens with one attached hydrogen (secondary N) is 1. The summed E-state index contributed by atoms with van der Waals surface area (Å²) in [5.74, 6) is -1.02. The molecule has 3 rings (SSSR count). The molecule has 0 aliphatic rings. The maximum absolute atomic E-state index is 13.3. The zero-order chi connectivity index (χ0) is 23.1. The highest BCUT2D eigenvalue weighted by molar-refractivity contribution is 7.92. The van der Waals surface area contributed by atoms with Crippen LogP contribution in [0.3, 0.4) is 0 Å². The number of nitrogens with zero attached hydrogens (tertiary/aromatic N) is 3. The van der Waals surface area contributed by atoms with Crippen molar-refractivity contribution in [2.75, 3.05) is 11.3 Å². The lowest BCUT2D eigenvalue weighted by Crippen LogP contribution is -2.31. The number of hydrogen-bond acceptors (Lipinski definition) is 5. The van der Waals surface area contributed by atoms with Crippen LogP contribution in [0.4, 0.5) is 10.1 Å². The minimum Gasteiger partial charge on any atom is -0.333 e. The summed E-state index contributed by atoms with van der Waals surface area (Å²) in [4.78, 5) is 18.3. The smallest absolute Gasteiger partial charge is 0.261 e. The Labute approximate surface area is 190 Å². The third-order valence-corrected chi connectivity index (χ3v) is 6.13. The minimum atomic E-state index is -3.99. The van der Waals surface area contributed by atoms with Gasteiger partial charge in [0.15, 0.2) is 0 Å². The van der Waals surface area contributed by atoms with E-state index in [2.05, 4.69) is 9.71 Å². The van der Waals surface area contributed by atoms with E-state index in [-0.39, 0.29) is 41.0 Å². The van der Waals surface area contributed by atoms with Crippen molar-refractivity contribution in [3.05, 3.63) is 89.0 Å². The quantitative estimate of drug-likeness (QED) is 0.528. The SMILES string of the molecule is N#CCCN(Cc1cccnc1)C(=O)c1ccc(NS(=O)(=O)c2ccc(F)c(Cl)c2)cc1. The Kier molecular flexibility index (Phi) is 7.41. The summed E-state index contributed by atoms with van der Waals surface area (Å²) in [6, 6.07) is 14.6. The van der Waals surface area contributed by atoms with Crippen LogP contribution in [0.15, 0.2) is 71.9 Å². The molecule has 0 unspecified atom stereocenters. The predicted octanol–water partition coefficient (Wildman–Crippen LogP) is 4.23.